The summed E-state index contributed by atoms with van der Waals surface area (Å²) >= 11 is 0. The average molecular weight is 367 g/mol. The van der Waals surface area contributed by atoms with Gasteiger partial charge in [-0.05, 0) is 49.4 Å². The minimum absolute atomic E-state index is 0.234. The Labute approximate surface area is 157 Å². The van der Waals surface area contributed by atoms with E-state index in [1.807, 2.05) is 43.3 Å². The van der Waals surface area contributed by atoms with Crippen molar-refractivity contribution in [3.63, 3.8) is 0 Å². The summed E-state index contributed by atoms with van der Waals surface area (Å²) in [6.07, 6.45) is -0.667. The lowest BCUT2D eigenvalue weighted by Gasteiger charge is -2.14. The number of rotatable bonds is 6. The van der Waals surface area contributed by atoms with E-state index in [4.69, 9.17) is 13.9 Å². The van der Waals surface area contributed by atoms with Crippen LogP contribution >= 0.6 is 0 Å². The molecule has 0 aliphatic rings. The number of carbonyl (C=O) groups excluding carboxylic acids is 1. The second-order valence-electron chi connectivity index (χ2n) is 6.17. The van der Waals surface area contributed by atoms with Crippen molar-refractivity contribution in [2.45, 2.75) is 13.0 Å². The third-order valence-electron chi connectivity index (χ3n) is 4.01. The van der Waals surface area contributed by atoms with Crippen molar-refractivity contribution in [2.75, 3.05) is 26.1 Å². The summed E-state index contributed by atoms with van der Waals surface area (Å²) in [7, 11) is 5.42. The van der Waals surface area contributed by atoms with Crippen LogP contribution in [0.2, 0.25) is 0 Å². The van der Waals surface area contributed by atoms with Crippen LogP contribution in [0.3, 0.4) is 0 Å². The Morgan fingerprint density at radius 1 is 1.11 bits per heavy atom. The standard InChI is InChI=1S/C20H21N3O4/c1-13(26-20(24)15-6-5-7-16(12-15)23(2)3)18-21-22-19(27-18)14-8-10-17(25-4)11-9-14/h5-13H,1-4H3. The zero-order chi connectivity index (χ0) is 19.4. The summed E-state index contributed by atoms with van der Waals surface area (Å²) in [6, 6.07) is 14.5. The van der Waals surface area contributed by atoms with Crippen LogP contribution in [0, 0.1) is 0 Å². The van der Waals surface area contributed by atoms with Crippen LogP contribution in [-0.2, 0) is 4.74 Å². The lowest BCUT2D eigenvalue weighted by Crippen LogP contribution is -2.12. The van der Waals surface area contributed by atoms with Gasteiger partial charge in [-0.25, -0.2) is 4.79 Å². The molecule has 1 unspecified atom stereocenters. The molecule has 3 aromatic rings. The SMILES string of the molecule is COc1ccc(-c2nnc(C(C)OC(=O)c3cccc(N(C)C)c3)o2)cc1. The Morgan fingerprint density at radius 2 is 1.85 bits per heavy atom. The van der Waals surface area contributed by atoms with Crippen molar-refractivity contribution in [3.8, 4) is 17.2 Å². The van der Waals surface area contributed by atoms with Crippen LogP contribution in [0.15, 0.2) is 52.9 Å². The number of carbonyl (C=O) groups is 1. The quantitative estimate of drug-likeness (QED) is 0.614. The monoisotopic (exact) mass is 367 g/mol. The van der Waals surface area contributed by atoms with Crippen LogP contribution in [0.1, 0.15) is 29.3 Å². The van der Waals surface area contributed by atoms with Crippen LogP contribution < -0.4 is 9.64 Å². The topological polar surface area (TPSA) is 77.7 Å². The normalized spacial score (nSPS) is 11.7. The number of methoxy groups -OCH3 is 1. The van der Waals surface area contributed by atoms with E-state index < -0.39 is 12.1 Å². The van der Waals surface area contributed by atoms with Crippen molar-refractivity contribution in [1.29, 1.82) is 0 Å². The molecule has 0 fully saturated rings. The lowest BCUT2D eigenvalue weighted by atomic mass is 10.2. The summed E-state index contributed by atoms with van der Waals surface area (Å²) in [6.45, 7) is 1.69. The first-order valence-electron chi connectivity index (χ1n) is 8.44. The first-order valence-corrected chi connectivity index (χ1v) is 8.44. The molecule has 0 amide bonds. The maximum Gasteiger partial charge on any atom is 0.338 e. The Hall–Kier alpha value is -3.35. The summed E-state index contributed by atoms with van der Waals surface area (Å²) in [5.74, 6) is 0.874. The highest BCUT2D eigenvalue weighted by Gasteiger charge is 2.20. The molecule has 1 aromatic heterocycles. The van der Waals surface area contributed by atoms with Gasteiger partial charge < -0.3 is 18.8 Å². The van der Waals surface area contributed by atoms with E-state index in [2.05, 4.69) is 10.2 Å². The number of esters is 1. The van der Waals surface area contributed by atoms with Crippen molar-refractivity contribution in [2.24, 2.45) is 0 Å². The van der Waals surface area contributed by atoms with E-state index in [0.717, 1.165) is 17.0 Å². The molecule has 0 bridgehead atoms. The van der Waals surface area contributed by atoms with E-state index >= 15 is 0 Å². The Kier molecular flexibility index (Phi) is 5.40. The number of nitrogens with zero attached hydrogens (tertiary/aromatic N) is 3. The minimum Gasteiger partial charge on any atom is -0.497 e. The number of benzene rings is 2. The number of ether oxygens (including phenoxy) is 2. The van der Waals surface area contributed by atoms with E-state index in [1.54, 1.807) is 38.3 Å². The number of anilines is 1. The fourth-order valence-corrected chi connectivity index (χ4v) is 2.44. The predicted molar refractivity (Wildman–Crippen MR) is 101 cm³/mol. The fraction of sp³-hybridized carbons (Fsp3) is 0.250. The molecular weight excluding hydrogens is 346 g/mol. The molecule has 0 saturated carbocycles. The van der Waals surface area contributed by atoms with E-state index in [9.17, 15) is 4.79 Å². The molecular formula is C20H21N3O4. The second kappa shape index (κ2) is 7.90. The Bertz CT molecular complexity index is 919. The van der Waals surface area contributed by atoms with Gasteiger partial charge in [-0.15, -0.1) is 10.2 Å². The number of hydrogen-bond donors (Lipinski definition) is 0. The molecule has 1 atom stereocenters. The molecule has 0 N–H and O–H groups in total. The zero-order valence-corrected chi connectivity index (χ0v) is 15.7. The van der Waals surface area contributed by atoms with Gasteiger partial charge in [0, 0.05) is 25.3 Å². The molecule has 0 aliphatic heterocycles. The van der Waals surface area contributed by atoms with Gasteiger partial charge in [0.2, 0.25) is 5.89 Å². The van der Waals surface area contributed by atoms with Crippen LogP contribution in [0.5, 0.6) is 5.75 Å². The highest BCUT2D eigenvalue weighted by molar-refractivity contribution is 5.90. The van der Waals surface area contributed by atoms with E-state index in [1.165, 1.54) is 0 Å². The third kappa shape index (κ3) is 4.25. The van der Waals surface area contributed by atoms with E-state index in [0.29, 0.717) is 11.5 Å². The summed E-state index contributed by atoms with van der Waals surface area (Å²) in [4.78, 5) is 14.3. The molecule has 1 heterocycles. The highest BCUT2D eigenvalue weighted by Crippen LogP contribution is 2.25. The molecule has 3 rings (SSSR count). The first kappa shape index (κ1) is 18.4. The van der Waals surface area contributed by atoms with Crippen LogP contribution in [0.4, 0.5) is 5.69 Å². The van der Waals surface area contributed by atoms with Gasteiger partial charge in [0.05, 0.1) is 12.7 Å². The molecule has 2 aromatic carbocycles. The van der Waals surface area contributed by atoms with Crippen LogP contribution in [-0.4, -0.2) is 37.4 Å². The Morgan fingerprint density at radius 3 is 2.52 bits per heavy atom. The highest BCUT2D eigenvalue weighted by atomic mass is 16.6. The number of aromatic nitrogens is 2. The van der Waals surface area contributed by atoms with Crippen LogP contribution in [0.25, 0.3) is 11.5 Å². The molecule has 7 heteroatoms. The van der Waals surface area contributed by atoms with Crippen molar-refractivity contribution in [3.05, 3.63) is 60.0 Å². The van der Waals surface area contributed by atoms with Gasteiger partial charge >= 0.3 is 5.97 Å². The zero-order valence-electron chi connectivity index (χ0n) is 15.7. The molecule has 7 nitrogen and oxygen atoms in total. The van der Waals surface area contributed by atoms with Crippen molar-refractivity contribution < 1.29 is 18.7 Å². The molecule has 0 saturated heterocycles. The maximum atomic E-state index is 12.4. The maximum absolute atomic E-state index is 12.4. The predicted octanol–water partition coefficient (Wildman–Crippen LogP) is 3.73. The Balaban J connectivity index is 1.71. The molecule has 0 aliphatic carbocycles. The largest absolute Gasteiger partial charge is 0.497 e. The average Bonchev–Trinajstić information content (AvgIpc) is 3.18. The van der Waals surface area contributed by atoms with Crippen molar-refractivity contribution in [1.82, 2.24) is 10.2 Å². The molecule has 0 spiro atoms. The number of hydrogen-bond acceptors (Lipinski definition) is 7. The van der Waals surface area contributed by atoms with Gasteiger partial charge in [-0.1, -0.05) is 6.07 Å². The first-order chi connectivity index (χ1) is 13.0. The smallest absolute Gasteiger partial charge is 0.338 e. The fourth-order valence-electron chi connectivity index (χ4n) is 2.44. The van der Waals surface area contributed by atoms with Gasteiger partial charge in [0.1, 0.15) is 5.75 Å². The van der Waals surface area contributed by atoms with Gasteiger partial charge in [-0.2, -0.15) is 0 Å². The summed E-state index contributed by atoms with van der Waals surface area (Å²) in [5, 5.41) is 8.02. The van der Waals surface area contributed by atoms with Gasteiger partial charge in [-0.3, -0.25) is 0 Å². The van der Waals surface area contributed by atoms with Crippen molar-refractivity contribution >= 4 is 11.7 Å². The second-order valence-corrected chi connectivity index (χ2v) is 6.17. The van der Waals surface area contributed by atoms with Gasteiger partial charge in [0.15, 0.2) is 6.10 Å². The molecule has 27 heavy (non-hydrogen) atoms. The molecule has 140 valence electrons. The summed E-state index contributed by atoms with van der Waals surface area (Å²) in [5.41, 5.74) is 2.13. The molecule has 0 radical (unpaired) electrons. The van der Waals surface area contributed by atoms with E-state index in [-0.39, 0.29) is 5.89 Å². The summed E-state index contributed by atoms with van der Waals surface area (Å²) < 4.78 is 16.3. The lowest BCUT2D eigenvalue weighted by molar-refractivity contribution is 0.0280. The minimum atomic E-state index is -0.667. The third-order valence-corrected chi connectivity index (χ3v) is 4.01. The van der Waals surface area contributed by atoms with Gasteiger partial charge in [0.25, 0.3) is 5.89 Å².